The first-order valence-corrected chi connectivity index (χ1v) is 8.58. The molecule has 0 aliphatic rings. The minimum Gasteiger partial charge on any atom is -0.456 e. The quantitative estimate of drug-likeness (QED) is 0.564. The van der Waals surface area contributed by atoms with Gasteiger partial charge in [-0.2, -0.15) is 0 Å². The van der Waals surface area contributed by atoms with E-state index in [0.29, 0.717) is 18.8 Å². The van der Waals surface area contributed by atoms with Crippen molar-refractivity contribution in [3.8, 4) is 0 Å². The normalized spacial score (nSPS) is 13.0. The number of benzene rings is 1. The molecule has 0 heterocycles. The molecule has 0 fully saturated rings. The molecule has 0 saturated carbocycles. The second-order valence-corrected chi connectivity index (χ2v) is 7.81. The molecule has 4 nitrogen and oxygen atoms in total. The van der Waals surface area contributed by atoms with Crippen molar-refractivity contribution in [3.63, 3.8) is 0 Å². The summed E-state index contributed by atoms with van der Waals surface area (Å²) in [4.78, 5) is 12.9. The van der Waals surface area contributed by atoms with Gasteiger partial charge in [-0.15, -0.1) is 0 Å². The molecule has 0 N–H and O–H groups in total. The molecular formula is C20H32O4. The predicted octanol–water partition coefficient (Wildman–Crippen LogP) is 4.55. The standard InChI is InChI=1S/C20H32O4/c1-9-22-20(23-10-2,17(21)24-19(6,7)8)16-13-11-15(12-14-16)18(3,4)5/h11-14H,9-10H2,1-8H3. The number of rotatable bonds is 6. The molecule has 1 rings (SSSR count). The molecule has 0 spiro atoms. The number of carbonyl (C=O) groups excluding carboxylic acids is 1. The molecule has 0 aromatic heterocycles. The van der Waals surface area contributed by atoms with Crippen molar-refractivity contribution in [1.82, 2.24) is 0 Å². The Morgan fingerprint density at radius 1 is 0.833 bits per heavy atom. The van der Waals surface area contributed by atoms with Gasteiger partial charge in [0.15, 0.2) is 0 Å². The van der Waals surface area contributed by atoms with E-state index in [4.69, 9.17) is 14.2 Å². The summed E-state index contributed by atoms with van der Waals surface area (Å²) in [6.07, 6.45) is 0. The third kappa shape index (κ3) is 5.05. The summed E-state index contributed by atoms with van der Waals surface area (Å²) in [5.74, 6) is -2.06. The van der Waals surface area contributed by atoms with Crippen LogP contribution in [0.1, 0.15) is 66.5 Å². The van der Waals surface area contributed by atoms with Gasteiger partial charge < -0.3 is 14.2 Å². The van der Waals surface area contributed by atoms with Gasteiger partial charge in [0.2, 0.25) is 0 Å². The first-order valence-electron chi connectivity index (χ1n) is 8.58. The van der Waals surface area contributed by atoms with E-state index < -0.39 is 17.4 Å². The van der Waals surface area contributed by atoms with E-state index in [1.54, 1.807) is 0 Å². The molecule has 0 aliphatic heterocycles. The Hall–Kier alpha value is -1.39. The third-order valence-corrected chi connectivity index (χ3v) is 3.49. The van der Waals surface area contributed by atoms with Crippen LogP contribution in [0.15, 0.2) is 24.3 Å². The highest BCUT2D eigenvalue weighted by molar-refractivity contribution is 5.80. The molecule has 136 valence electrons. The van der Waals surface area contributed by atoms with Crippen LogP contribution in [0.25, 0.3) is 0 Å². The molecule has 0 amide bonds. The van der Waals surface area contributed by atoms with Crippen molar-refractivity contribution in [2.24, 2.45) is 0 Å². The number of hydrogen-bond donors (Lipinski definition) is 0. The van der Waals surface area contributed by atoms with Crippen molar-refractivity contribution in [2.75, 3.05) is 13.2 Å². The Morgan fingerprint density at radius 2 is 1.25 bits per heavy atom. The minimum atomic E-state index is -1.53. The van der Waals surface area contributed by atoms with E-state index in [0.717, 1.165) is 0 Å². The van der Waals surface area contributed by atoms with E-state index in [2.05, 4.69) is 20.8 Å². The summed E-state index contributed by atoms with van der Waals surface area (Å²) in [5.41, 5.74) is 1.23. The molecule has 1 aromatic carbocycles. The molecule has 0 unspecified atom stereocenters. The maximum atomic E-state index is 12.9. The third-order valence-electron chi connectivity index (χ3n) is 3.49. The van der Waals surface area contributed by atoms with Gasteiger partial charge in [-0.05, 0) is 45.6 Å². The minimum absolute atomic E-state index is 0.0321. The predicted molar refractivity (Wildman–Crippen MR) is 95.9 cm³/mol. The van der Waals surface area contributed by atoms with Crippen molar-refractivity contribution in [3.05, 3.63) is 35.4 Å². The van der Waals surface area contributed by atoms with E-state index >= 15 is 0 Å². The van der Waals surface area contributed by atoms with Crippen LogP contribution in [0.5, 0.6) is 0 Å². The molecule has 4 heteroatoms. The topological polar surface area (TPSA) is 44.8 Å². The molecule has 0 radical (unpaired) electrons. The largest absolute Gasteiger partial charge is 0.456 e. The highest BCUT2D eigenvalue weighted by atomic mass is 16.7. The Morgan fingerprint density at radius 3 is 1.58 bits per heavy atom. The molecule has 0 aliphatic carbocycles. The fraction of sp³-hybridized carbons (Fsp3) is 0.650. The van der Waals surface area contributed by atoms with Crippen LogP contribution in [0.3, 0.4) is 0 Å². The summed E-state index contributed by atoms with van der Waals surface area (Å²) >= 11 is 0. The zero-order valence-electron chi connectivity index (χ0n) is 16.4. The second kappa shape index (κ2) is 7.66. The second-order valence-electron chi connectivity index (χ2n) is 7.81. The smallest absolute Gasteiger partial charge is 0.372 e. The summed E-state index contributed by atoms with van der Waals surface area (Å²) in [5, 5.41) is 0. The van der Waals surface area contributed by atoms with Gasteiger partial charge in [0.25, 0.3) is 5.79 Å². The number of carbonyl (C=O) groups is 1. The molecule has 1 aromatic rings. The molecule has 0 saturated heterocycles. The number of hydrogen-bond acceptors (Lipinski definition) is 4. The zero-order chi connectivity index (χ0) is 18.6. The van der Waals surface area contributed by atoms with Crippen molar-refractivity contribution < 1.29 is 19.0 Å². The van der Waals surface area contributed by atoms with Crippen molar-refractivity contribution in [1.29, 1.82) is 0 Å². The lowest BCUT2D eigenvalue weighted by Crippen LogP contribution is -2.45. The number of esters is 1. The van der Waals surface area contributed by atoms with Gasteiger partial charge in [0.1, 0.15) is 5.60 Å². The maximum Gasteiger partial charge on any atom is 0.372 e. The molecule has 24 heavy (non-hydrogen) atoms. The lowest BCUT2D eigenvalue weighted by molar-refractivity contribution is -0.259. The fourth-order valence-electron chi connectivity index (χ4n) is 2.39. The van der Waals surface area contributed by atoms with Crippen LogP contribution in [0.2, 0.25) is 0 Å². The average molecular weight is 336 g/mol. The van der Waals surface area contributed by atoms with Crippen LogP contribution in [0, 0.1) is 0 Å². The summed E-state index contributed by atoms with van der Waals surface area (Å²) in [6.45, 7) is 16.3. The monoisotopic (exact) mass is 336 g/mol. The van der Waals surface area contributed by atoms with Gasteiger partial charge in [0.05, 0.1) is 0 Å². The van der Waals surface area contributed by atoms with Crippen LogP contribution in [0.4, 0.5) is 0 Å². The Kier molecular flexibility index (Phi) is 6.59. The van der Waals surface area contributed by atoms with Gasteiger partial charge in [-0.3, -0.25) is 0 Å². The summed E-state index contributed by atoms with van der Waals surface area (Å²) in [7, 11) is 0. The first-order chi connectivity index (χ1) is 11.0. The lowest BCUT2D eigenvalue weighted by Gasteiger charge is -2.34. The molecular weight excluding hydrogens is 304 g/mol. The highest BCUT2D eigenvalue weighted by Gasteiger charge is 2.46. The Balaban J connectivity index is 3.33. The van der Waals surface area contributed by atoms with Crippen molar-refractivity contribution >= 4 is 5.97 Å². The Bertz CT molecular complexity index is 526. The van der Waals surface area contributed by atoms with Gasteiger partial charge in [-0.25, -0.2) is 4.79 Å². The average Bonchev–Trinajstić information content (AvgIpc) is 2.44. The summed E-state index contributed by atoms with van der Waals surface area (Å²) < 4.78 is 17.2. The van der Waals surface area contributed by atoms with E-state index in [-0.39, 0.29) is 5.41 Å². The number of ether oxygens (including phenoxy) is 3. The fourth-order valence-corrected chi connectivity index (χ4v) is 2.39. The zero-order valence-corrected chi connectivity index (χ0v) is 16.4. The molecule has 0 atom stereocenters. The van der Waals surface area contributed by atoms with E-state index in [9.17, 15) is 4.79 Å². The van der Waals surface area contributed by atoms with Crippen LogP contribution >= 0.6 is 0 Å². The SMILES string of the molecule is CCOC(OCC)(C(=O)OC(C)(C)C)c1ccc(C(C)(C)C)cc1. The van der Waals surface area contributed by atoms with Gasteiger partial charge in [0, 0.05) is 18.8 Å². The maximum absolute atomic E-state index is 12.9. The van der Waals surface area contributed by atoms with Crippen LogP contribution < -0.4 is 0 Å². The van der Waals surface area contributed by atoms with Gasteiger partial charge in [-0.1, -0.05) is 45.0 Å². The lowest BCUT2D eigenvalue weighted by atomic mass is 9.86. The first kappa shape index (κ1) is 20.7. The van der Waals surface area contributed by atoms with Crippen LogP contribution in [-0.2, 0) is 30.2 Å². The van der Waals surface area contributed by atoms with Crippen LogP contribution in [-0.4, -0.2) is 24.8 Å². The summed E-state index contributed by atoms with van der Waals surface area (Å²) in [6, 6.07) is 7.78. The molecule has 0 bridgehead atoms. The van der Waals surface area contributed by atoms with E-state index in [1.165, 1.54) is 5.56 Å². The van der Waals surface area contributed by atoms with Gasteiger partial charge >= 0.3 is 5.97 Å². The Labute approximate surface area is 146 Å². The van der Waals surface area contributed by atoms with E-state index in [1.807, 2.05) is 58.9 Å². The van der Waals surface area contributed by atoms with Crippen molar-refractivity contribution in [2.45, 2.75) is 72.2 Å². The highest BCUT2D eigenvalue weighted by Crippen LogP contribution is 2.33.